The Bertz CT molecular complexity index is 543. The first kappa shape index (κ1) is 11.3. The van der Waals surface area contributed by atoms with E-state index < -0.39 is 4.92 Å². The molecule has 0 unspecified atom stereocenters. The van der Waals surface area contributed by atoms with E-state index in [-0.39, 0.29) is 5.69 Å². The highest BCUT2D eigenvalue weighted by molar-refractivity contribution is 5.41. The molecule has 0 bridgehead atoms. The molecule has 17 heavy (non-hydrogen) atoms. The van der Waals surface area contributed by atoms with Gasteiger partial charge < -0.3 is 0 Å². The largest absolute Gasteiger partial charge is 0.269 e. The number of hydrogen-bond acceptors (Lipinski definition) is 2. The maximum absolute atomic E-state index is 10.6. The smallest absolute Gasteiger partial charge is 0.258 e. The van der Waals surface area contributed by atoms with Crippen LogP contribution in [0.3, 0.4) is 0 Å². The molecule has 5 heteroatoms. The summed E-state index contributed by atoms with van der Waals surface area (Å²) in [6.45, 7) is 5.00. The van der Waals surface area contributed by atoms with Crippen molar-refractivity contribution in [1.29, 1.82) is 0 Å². The van der Waals surface area contributed by atoms with Gasteiger partial charge >= 0.3 is 0 Å². The highest BCUT2D eigenvalue weighted by Crippen LogP contribution is 2.15. The highest BCUT2D eigenvalue weighted by atomic mass is 16.6. The summed E-state index contributed by atoms with van der Waals surface area (Å²) in [6.07, 6.45) is 3.96. The molecule has 0 amide bonds. The van der Waals surface area contributed by atoms with E-state index in [2.05, 4.69) is 11.5 Å². The topological polar surface area (TPSA) is 52.0 Å². The van der Waals surface area contributed by atoms with E-state index >= 15 is 0 Å². The Hall–Kier alpha value is -2.17. The first-order chi connectivity index (χ1) is 8.13. The molecule has 0 saturated heterocycles. The SMILES string of the molecule is CC[n+]1ccn(-c2ccc([N+](=O)[O-])cc2)c1C. The van der Waals surface area contributed by atoms with E-state index in [0.717, 1.165) is 18.1 Å². The number of aryl methyl sites for hydroxylation is 1. The van der Waals surface area contributed by atoms with Crippen LogP contribution in [0.2, 0.25) is 0 Å². The molecule has 0 aliphatic carbocycles. The molecule has 0 fully saturated rings. The lowest BCUT2D eigenvalue weighted by Crippen LogP contribution is -2.33. The third-order valence-corrected chi connectivity index (χ3v) is 2.84. The van der Waals surface area contributed by atoms with Crippen LogP contribution in [0.1, 0.15) is 12.7 Å². The average Bonchev–Trinajstić information content (AvgIpc) is 2.70. The van der Waals surface area contributed by atoms with Crippen molar-refractivity contribution in [3.8, 4) is 5.69 Å². The van der Waals surface area contributed by atoms with Crippen molar-refractivity contribution in [3.05, 3.63) is 52.6 Å². The quantitative estimate of drug-likeness (QED) is 0.461. The lowest BCUT2D eigenvalue weighted by Gasteiger charge is -1.99. The molecule has 0 spiro atoms. The standard InChI is InChI=1S/C12H14N3O2/c1-3-13-8-9-14(10(13)2)11-4-6-12(7-5-11)15(16)17/h4-9H,3H2,1-2H3/q+1. The molecule has 5 nitrogen and oxygen atoms in total. The minimum atomic E-state index is -0.390. The van der Waals surface area contributed by atoms with E-state index in [1.165, 1.54) is 12.1 Å². The number of aromatic nitrogens is 2. The summed E-state index contributed by atoms with van der Waals surface area (Å²) in [5.74, 6) is 1.10. The summed E-state index contributed by atoms with van der Waals surface area (Å²) in [4.78, 5) is 10.2. The van der Waals surface area contributed by atoms with Crippen molar-refractivity contribution in [2.24, 2.45) is 0 Å². The Labute approximate surface area is 99.1 Å². The Balaban J connectivity index is 2.39. The summed E-state index contributed by atoms with van der Waals surface area (Å²) in [5.41, 5.74) is 1.04. The fourth-order valence-corrected chi connectivity index (χ4v) is 1.84. The second-order valence-electron chi connectivity index (χ2n) is 3.77. The van der Waals surface area contributed by atoms with Crippen molar-refractivity contribution in [1.82, 2.24) is 4.57 Å². The van der Waals surface area contributed by atoms with E-state index in [4.69, 9.17) is 0 Å². The lowest BCUT2D eigenvalue weighted by atomic mass is 10.3. The zero-order chi connectivity index (χ0) is 12.4. The molecule has 1 heterocycles. The first-order valence-electron chi connectivity index (χ1n) is 5.45. The number of rotatable bonds is 3. The molecule has 0 aliphatic heterocycles. The van der Waals surface area contributed by atoms with Crippen LogP contribution >= 0.6 is 0 Å². The van der Waals surface area contributed by atoms with Crippen LogP contribution in [0.15, 0.2) is 36.7 Å². The van der Waals surface area contributed by atoms with Crippen LogP contribution < -0.4 is 4.57 Å². The molecule has 2 aromatic rings. The Morgan fingerprint density at radius 2 is 2.00 bits per heavy atom. The first-order valence-corrected chi connectivity index (χ1v) is 5.45. The van der Waals surface area contributed by atoms with Crippen LogP contribution in [0, 0.1) is 17.0 Å². The Morgan fingerprint density at radius 3 is 2.47 bits per heavy atom. The Morgan fingerprint density at radius 1 is 1.35 bits per heavy atom. The van der Waals surface area contributed by atoms with Crippen LogP contribution in [0.4, 0.5) is 5.69 Å². The molecule has 0 atom stereocenters. The minimum Gasteiger partial charge on any atom is -0.258 e. The maximum atomic E-state index is 10.6. The van der Waals surface area contributed by atoms with Crippen molar-refractivity contribution >= 4 is 5.69 Å². The third kappa shape index (κ3) is 2.04. The van der Waals surface area contributed by atoms with Crippen LogP contribution in [-0.4, -0.2) is 9.49 Å². The lowest BCUT2D eigenvalue weighted by molar-refractivity contribution is -0.698. The van der Waals surface area contributed by atoms with Crippen LogP contribution in [0.25, 0.3) is 5.69 Å². The van der Waals surface area contributed by atoms with Gasteiger partial charge in [-0.15, -0.1) is 0 Å². The van der Waals surface area contributed by atoms with Crippen molar-refractivity contribution in [2.45, 2.75) is 20.4 Å². The number of hydrogen-bond donors (Lipinski definition) is 0. The molecule has 0 N–H and O–H groups in total. The summed E-state index contributed by atoms with van der Waals surface area (Å²) in [7, 11) is 0. The molecule has 0 aliphatic rings. The third-order valence-electron chi connectivity index (χ3n) is 2.84. The van der Waals surface area contributed by atoms with E-state index in [1.807, 2.05) is 23.9 Å². The molecule has 2 rings (SSSR count). The van der Waals surface area contributed by atoms with Gasteiger partial charge in [0.25, 0.3) is 11.5 Å². The monoisotopic (exact) mass is 232 g/mol. The predicted molar refractivity (Wildman–Crippen MR) is 63.0 cm³/mol. The Kier molecular flexibility index (Phi) is 2.91. The normalized spacial score (nSPS) is 10.5. The summed E-state index contributed by atoms with van der Waals surface area (Å²) < 4.78 is 4.12. The average molecular weight is 232 g/mol. The summed E-state index contributed by atoms with van der Waals surface area (Å²) in [5, 5.41) is 10.6. The number of non-ortho nitro benzene ring substituents is 1. The number of benzene rings is 1. The minimum absolute atomic E-state index is 0.113. The maximum Gasteiger partial charge on any atom is 0.269 e. The van der Waals surface area contributed by atoms with Crippen LogP contribution in [-0.2, 0) is 6.54 Å². The van der Waals surface area contributed by atoms with Gasteiger partial charge in [0.15, 0.2) is 0 Å². The second-order valence-corrected chi connectivity index (χ2v) is 3.77. The van der Waals surface area contributed by atoms with Crippen LogP contribution in [0.5, 0.6) is 0 Å². The van der Waals surface area contributed by atoms with Gasteiger partial charge in [0.2, 0.25) is 0 Å². The summed E-state index contributed by atoms with van der Waals surface area (Å²) >= 11 is 0. The van der Waals surface area contributed by atoms with Gasteiger partial charge in [-0.25, -0.2) is 9.13 Å². The van der Waals surface area contributed by atoms with E-state index in [1.54, 1.807) is 12.1 Å². The zero-order valence-corrected chi connectivity index (χ0v) is 9.83. The predicted octanol–water partition coefficient (Wildman–Crippen LogP) is 2.00. The summed E-state index contributed by atoms with van der Waals surface area (Å²) in [6, 6.07) is 6.55. The molecule has 1 aromatic carbocycles. The van der Waals surface area contributed by atoms with Crippen molar-refractivity contribution < 1.29 is 9.49 Å². The molecule has 88 valence electrons. The number of nitrogens with zero attached hydrogens (tertiary/aromatic N) is 3. The van der Waals surface area contributed by atoms with E-state index in [9.17, 15) is 10.1 Å². The molecule has 1 aromatic heterocycles. The van der Waals surface area contributed by atoms with E-state index in [0.29, 0.717) is 0 Å². The van der Waals surface area contributed by atoms with Gasteiger partial charge in [-0.3, -0.25) is 10.1 Å². The number of nitro groups is 1. The number of nitro benzene ring substituents is 1. The van der Waals surface area contributed by atoms with Gasteiger partial charge in [-0.05, 0) is 19.1 Å². The van der Waals surface area contributed by atoms with Gasteiger partial charge in [-0.2, -0.15) is 0 Å². The fourth-order valence-electron chi connectivity index (χ4n) is 1.84. The zero-order valence-electron chi connectivity index (χ0n) is 9.83. The second kappa shape index (κ2) is 4.37. The molecule has 0 saturated carbocycles. The van der Waals surface area contributed by atoms with Crippen molar-refractivity contribution in [3.63, 3.8) is 0 Å². The van der Waals surface area contributed by atoms with Gasteiger partial charge in [0.05, 0.1) is 11.5 Å². The van der Waals surface area contributed by atoms with Gasteiger partial charge in [0, 0.05) is 19.1 Å². The molecular weight excluding hydrogens is 218 g/mol. The number of imidazole rings is 1. The van der Waals surface area contributed by atoms with Gasteiger partial charge in [0.1, 0.15) is 18.1 Å². The fraction of sp³-hybridized carbons (Fsp3) is 0.250. The van der Waals surface area contributed by atoms with Gasteiger partial charge in [-0.1, -0.05) is 0 Å². The molecule has 0 radical (unpaired) electrons. The highest BCUT2D eigenvalue weighted by Gasteiger charge is 2.13. The van der Waals surface area contributed by atoms with Crippen molar-refractivity contribution in [2.75, 3.05) is 0 Å². The molecular formula is C12H14N3O2+.